The number of carbonyl (C=O) groups excluding carboxylic acids is 1. The largest absolute Gasteiger partial charge is 0.469 e. The van der Waals surface area contributed by atoms with Crippen molar-refractivity contribution in [3.63, 3.8) is 0 Å². The van der Waals surface area contributed by atoms with Crippen LogP contribution in [0.5, 0.6) is 0 Å². The summed E-state index contributed by atoms with van der Waals surface area (Å²) in [6, 6.07) is 6.04. The molecule has 1 N–H and O–H groups in total. The highest BCUT2D eigenvalue weighted by Crippen LogP contribution is 2.12. The number of carbonyl (C=O) groups is 1. The number of furan rings is 1. The van der Waals surface area contributed by atoms with E-state index in [1.807, 2.05) is 36.4 Å². The normalized spacial score (nSPS) is 11.4. The Labute approximate surface area is 146 Å². The summed E-state index contributed by atoms with van der Waals surface area (Å²) in [5, 5.41) is 5.38. The van der Waals surface area contributed by atoms with Crippen molar-refractivity contribution in [1.82, 2.24) is 15.1 Å². The quantitative estimate of drug-likeness (QED) is 0.643. The van der Waals surface area contributed by atoms with Gasteiger partial charge in [0, 0.05) is 38.1 Å². The number of likely N-dealkylation sites (N-methyl/N-ethyl adjacent to an activating group) is 1. The first-order chi connectivity index (χ1) is 11.5. The zero-order chi connectivity index (χ0) is 17.5. The molecule has 0 bridgehead atoms. The van der Waals surface area contributed by atoms with Gasteiger partial charge in [-0.2, -0.15) is 0 Å². The molecule has 0 spiro atoms. The first-order valence-corrected chi connectivity index (χ1v) is 8.60. The zero-order valence-electron chi connectivity index (χ0n) is 14.6. The van der Waals surface area contributed by atoms with Gasteiger partial charge in [0.25, 0.3) is 0 Å². The standard InChI is InChI=1S/C17H24N4O2S/c1-13-14(7-8-23-13)12-21(4)17(19-11-16(22)20(2)3)18-10-15-6-5-9-24-15/h5-9H,10-12H2,1-4H3,(H,18,19). The fourth-order valence-electron chi connectivity index (χ4n) is 2.08. The van der Waals surface area contributed by atoms with Crippen molar-refractivity contribution < 1.29 is 9.21 Å². The highest BCUT2D eigenvalue weighted by Gasteiger charge is 2.12. The number of hydrogen-bond acceptors (Lipinski definition) is 4. The van der Waals surface area contributed by atoms with Crippen molar-refractivity contribution in [3.8, 4) is 0 Å². The van der Waals surface area contributed by atoms with E-state index in [9.17, 15) is 4.79 Å². The third-order valence-electron chi connectivity index (χ3n) is 3.60. The molecular weight excluding hydrogens is 324 g/mol. The molecule has 7 heteroatoms. The van der Waals surface area contributed by atoms with Crippen LogP contribution in [0.1, 0.15) is 16.2 Å². The molecule has 0 aromatic carbocycles. The van der Waals surface area contributed by atoms with Gasteiger partial charge in [-0.1, -0.05) is 6.07 Å². The molecule has 0 fully saturated rings. The number of aryl methyl sites for hydroxylation is 1. The summed E-state index contributed by atoms with van der Waals surface area (Å²) in [6.07, 6.45) is 1.68. The molecule has 0 aliphatic carbocycles. The molecule has 0 radical (unpaired) electrons. The van der Waals surface area contributed by atoms with Gasteiger partial charge < -0.3 is 19.5 Å². The smallest absolute Gasteiger partial charge is 0.243 e. The lowest BCUT2D eigenvalue weighted by atomic mass is 10.2. The Morgan fingerprint density at radius 3 is 2.71 bits per heavy atom. The van der Waals surface area contributed by atoms with Crippen LogP contribution in [-0.4, -0.2) is 49.4 Å². The summed E-state index contributed by atoms with van der Waals surface area (Å²) in [5.74, 6) is 1.56. The molecule has 0 unspecified atom stereocenters. The zero-order valence-corrected chi connectivity index (χ0v) is 15.4. The van der Waals surface area contributed by atoms with E-state index in [2.05, 4.69) is 16.4 Å². The lowest BCUT2D eigenvalue weighted by Gasteiger charge is -2.22. The Morgan fingerprint density at radius 1 is 1.33 bits per heavy atom. The highest BCUT2D eigenvalue weighted by atomic mass is 32.1. The average molecular weight is 348 g/mol. The van der Waals surface area contributed by atoms with Crippen molar-refractivity contribution in [1.29, 1.82) is 0 Å². The molecule has 2 aromatic heterocycles. The number of hydrogen-bond donors (Lipinski definition) is 1. The first-order valence-electron chi connectivity index (χ1n) is 7.72. The maximum Gasteiger partial charge on any atom is 0.243 e. The second-order valence-corrected chi connectivity index (χ2v) is 6.75. The number of rotatable bonds is 6. The molecule has 130 valence electrons. The first kappa shape index (κ1) is 18.1. The summed E-state index contributed by atoms with van der Waals surface area (Å²) >= 11 is 1.69. The number of nitrogens with one attached hydrogen (secondary N) is 1. The van der Waals surface area contributed by atoms with E-state index in [0.29, 0.717) is 19.0 Å². The molecular formula is C17H24N4O2S. The SMILES string of the molecule is Cc1occc1CN(C)C(=NCC(=O)N(C)C)NCc1cccs1. The minimum Gasteiger partial charge on any atom is -0.469 e. The van der Waals surface area contributed by atoms with E-state index >= 15 is 0 Å². The molecule has 2 heterocycles. The molecule has 6 nitrogen and oxygen atoms in total. The van der Waals surface area contributed by atoms with Crippen molar-refractivity contribution >= 4 is 23.2 Å². The van der Waals surface area contributed by atoms with E-state index in [4.69, 9.17) is 4.42 Å². The van der Waals surface area contributed by atoms with Crippen molar-refractivity contribution in [2.45, 2.75) is 20.0 Å². The van der Waals surface area contributed by atoms with Crippen LogP contribution >= 0.6 is 11.3 Å². The number of aliphatic imine (C=N–C) groups is 1. The van der Waals surface area contributed by atoms with E-state index < -0.39 is 0 Å². The fraction of sp³-hybridized carbons (Fsp3) is 0.412. The van der Waals surface area contributed by atoms with Crippen molar-refractivity contribution in [2.75, 3.05) is 27.7 Å². The summed E-state index contributed by atoms with van der Waals surface area (Å²) in [4.78, 5) is 21.1. The van der Waals surface area contributed by atoms with Gasteiger partial charge in [-0.25, -0.2) is 4.99 Å². The molecule has 0 saturated heterocycles. The van der Waals surface area contributed by atoms with Crippen LogP contribution in [0.15, 0.2) is 39.3 Å². The Kier molecular flexibility index (Phi) is 6.43. The predicted octanol–water partition coefficient (Wildman–Crippen LogP) is 2.32. The predicted molar refractivity (Wildman–Crippen MR) is 97.1 cm³/mol. The van der Waals surface area contributed by atoms with E-state index in [1.54, 1.807) is 36.6 Å². The number of guanidine groups is 1. The van der Waals surface area contributed by atoms with E-state index in [-0.39, 0.29) is 12.5 Å². The third-order valence-corrected chi connectivity index (χ3v) is 4.48. The van der Waals surface area contributed by atoms with Gasteiger partial charge >= 0.3 is 0 Å². The number of nitrogens with zero attached hydrogens (tertiary/aromatic N) is 3. The van der Waals surface area contributed by atoms with E-state index in [1.165, 1.54) is 4.88 Å². The maximum atomic E-state index is 11.8. The van der Waals surface area contributed by atoms with Crippen molar-refractivity contribution in [2.24, 2.45) is 4.99 Å². The minimum atomic E-state index is -0.0293. The van der Waals surface area contributed by atoms with Gasteiger partial charge in [0.05, 0.1) is 12.8 Å². The van der Waals surface area contributed by atoms with Gasteiger partial charge in [0.2, 0.25) is 5.91 Å². The molecule has 0 atom stereocenters. The summed E-state index contributed by atoms with van der Waals surface area (Å²) in [6.45, 7) is 3.40. The van der Waals surface area contributed by atoms with Crippen molar-refractivity contribution in [3.05, 3.63) is 46.0 Å². The average Bonchev–Trinajstić information content (AvgIpc) is 3.19. The lowest BCUT2D eigenvalue weighted by Crippen LogP contribution is -2.39. The number of amides is 1. The summed E-state index contributed by atoms with van der Waals surface area (Å²) < 4.78 is 5.35. The van der Waals surface area contributed by atoms with Gasteiger partial charge in [-0.15, -0.1) is 11.3 Å². The number of thiophene rings is 1. The molecule has 24 heavy (non-hydrogen) atoms. The van der Waals surface area contributed by atoms with Crippen LogP contribution in [0.2, 0.25) is 0 Å². The van der Waals surface area contributed by atoms with Gasteiger partial charge in [-0.05, 0) is 24.4 Å². The van der Waals surface area contributed by atoms with Gasteiger partial charge in [-0.3, -0.25) is 4.79 Å². The van der Waals surface area contributed by atoms with Gasteiger partial charge in [0.15, 0.2) is 5.96 Å². The lowest BCUT2D eigenvalue weighted by molar-refractivity contribution is -0.127. The van der Waals surface area contributed by atoms with Crippen LogP contribution in [0, 0.1) is 6.92 Å². The van der Waals surface area contributed by atoms with Crippen LogP contribution < -0.4 is 5.32 Å². The fourth-order valence-corrected chi connectivity index (χ4v) is 2.73. The summed E-state index contributed by atoms with van der Waals surface area (Å²) in [7, 11) is 5.41. The van der Waals surface area contributed by atoms with Crippen LogP contribution in [0.25, 0.3) is 0 Å². The maximum absolute atomic E-state index is 11.8. The molecule has 1 amide bonds. The second kappa shape index (κ2) is 8.54. The topological polar surface area (TPSA) is 61.1 Å². The monoisotopic (exact) mass is 348 g/mol. The Morgan fingerprint density at radius 2 is 2.12 bits per heavy atom. The highest BCUT2D eigenvalue weighted by molar-refractivity contribution is 7.09. The van der Waals surface area contributed by atoms with Crippen LogP contribution in [-0.2, 0) is 17.9 Å². The molecule has 0 aliphatic heterocycles. The minimum absolute atomic E-state index is 0.0293. The molecule has 2 rings (SSSR count). The molecule has 0 aliphatic rings. The summed E-state index contributed by atoms with van der Waals surface area (Å²) in [5.41, 5.74) is 1.10. The molecule has 0 saturated carbocycles. The van der Waals surface area contributed by atoms with E-state index in [0.717, 1.165) is 11.3 Å². The Bertz CT molecular complexity index is 677. The van der Waals surface area contributed by atoms with Crippen LogP contribution in [0.4, 0.5) is 0 Å². The third kappa shape index (κ3) is 5.13. The van der Waals surface area contributed by atoms with Gasteiger partial charge in [0.1, 0.15) is 12.3 Å². The van der Waals surface area contributed by atoms with Crippen LogP contribution in [0.3, 0.4) is 0 Å². The Hall–Kier alpha value is -2.28. The second-order valence-electron chi connectivity index (χ2n) is 5.72. The Balaban J connectivity index is 2.06. The molecule has 2 aromatic rings.